The average molecular weight is 256 g/mol. The molecule has 2 rings (SSSR count). The van der Waals surface area contributed by atoms with Crippen LogP contribution in [-0.2, 0) is 9.47 Å². The molecule has 2 fully saturated rings. The molecule has 2 saturated heterocycles. The minimum absolute atomic E-state index is 0.0135. The Morgan fingerprint density at radius 1 is 1.06 bits per heavy atom. The highest BCUT2D eigenvalue weighted by molar-refractivity contribution is 4.82. The van der Waals surface area contributed by atoms with Gasteiger partial charge >= 0.3 is 0 Å². The minimum atomic E-state index is -0.0135. The van der Waals surface area contributed by atoms with Crippen LogP contribution in [0.2, 0.25) is 0 Å². The SMILES string of the molecule is COC(CC1CCN(C2CCNCC2)CC1)OC. The van der Waals surface area contributed by atoms with Crippen LogP contribution in [0, 0.1) is 5.92 Å². The van der Waals surface area contributed by atoms with Crippen molar-refractivity contribution in [1.29, 1.82) is 0 Å². The Morgan fingerprint density at radius 3 is 2.22 bits per heavy atom. The Morgan fingerprint density at radius 2 is 1.67 bits per heavy atom. The normalized spacial score (nSPS) is 24.8. The molecule has 0 aliphatic carbocycles. The third-order valence-corrected chi connectivity index (χ3v) is 4.53. The van der Waals surface area contributed by atoms with E-state index in [4.69, 9.17) is 9.47 Å². The highest BCUT2D eigenvalue weighted by Crippen LogP contribution is 2.26. The number of rotatable bonds is 5. The summed E-state index contributed by atoms with van der Waals surface area (Å²) in [5.74, 6) is 0.771. The van der Waals surface area contributed by atoms with Crippen LogP contribution in [0.25, 0.3) is 0 Å². The molecule has 1 N–H and O–H groups in total. The number of hydrogen-bond donors (Lipinski definition) is 1. The van der Waals surface area contributed by atoms with Gasteiger partial charge < -0.3 is 19.7 Å². The number of methoxy groups -OCH3 is 2. The van der Waals surface area contributed by atoms with Crippen LogP contribution in [0.5, 0.6) is 0 Å². The molecule has 0 spiro atoms. The summed E-state index contributed by atoms with van der Waals surface area (Å²) in [4.78, 5) is 2.70. The van der Waals surface area contributed by atoms with Gasteiger partial charge in [0.25, 0.3) is 0 Å². The molecule has 0 bridgehead atoms. The first-order valence-electron chi connectivity index (χ1n) is 7.34. The summed E-state index contributed by atoms with van der Waals surface area (Å²) in [7, 11) is 3.47. The average Bonchev–Trinajstić information content (AvgIpc) is 2.46. The Labute approximate surface area is 111 Å². The number of piperidine rings is 2. The van der Waals surface area contributed by atoms with Gasteiger partial charge in [0.05, 0.1) is 0 Å². The van der Waals surface area contributed by atoms with Crippen molar-refractivity contribution in [3.63, 3.8) is 0 Å². The maximum Gasteiger partial charge on any atom is 0.157 e. The van der Waals surface area contributed by atoms with E-state index in [-0.39, 0.29) is 6.29 Å². The van der Waals surface area contributed by atoms with Crippen molar-refractivity contribution in [1.82, 2.24) is 10.2 Å². The van der Waals surface area contributed by atoms with Gasteiger partial charge in [0, 0.05) is 26.7 Å². The zero-order valence-corrected chi connectivity index (χ0v) is 11.9. The molecule has 2 aliphatic heterocycles. The van der Waals surface area contributed by atoms with Crippen LogP contribution in [0.1, 0.15) is 32.1 Å². The molecule has 0 radical (unpaired) electrons. The van der Waals surface area contributed by atoms with Crippen molar-refractivity contribution < 1.29 is 9.47 Å². The molecule has 0 aromatic heterocycles. The first kappa shape index (κ1) is 14.3. The van der Waals surface area contributed by atoms with Gasteiger partial charge in [-0.1, -0.05) is 0 Å². The first-order valence-corrected chi connectivity index (χ1v) is 7.34. The van der Waals surface area contributed by atoms with Crippen LogP contribution < -0.4 is 5.32 Å². The second-order valence-corrected chi connectivity index (χ2v) is 5.60. The fourth-order valence-electron chi connectivity index (χ4n) is 3.29. The highest BCUT2D eigenvalue weighted by Gasteiger charge is 2.27. The van der Waals surface area contributed by atoms with Crippen molar-refractivity contribution in [2.24, 2.45) is 5.92 Å². The summed E-state index contributed by atoms with van der Waals surface area (Å²) in [6, 6.07) is 0.827. The maximum absolute atomic E-state index is 5.30. The summed E-state index contributed by atoms with van der Waals surface area (Å²) >= 11 is 0. The van der Waals surface area contributed by atoms with Crippen LogP contribution >= 0.6 is 0 Å². The highest BCUT2D eigenvalue weighted by atomic mass is 16.7. The molecule has 0 atom stereocenters. The third-order valence-electron chi connectivity index (χ3n) is 4.53. The topological polar surface area (TPSA) is 33.7 Å². The van der Waals surface area contributed by atoms with E-state index in [1.165, 1.54) is 51.9 Å². The number of nitrogens with zero attached hydrogens (tertiary/aromatic N) is 1. The Bertz CT molecular complexity index is 220. The van der Waals surface area contributed by atoms with Crippen molar-refractivity contribution >= 4 is 0 Å². The molecule has 2 aliphatic rings. The van der Waals surface area contributed by atoms with Gasteiger partial charge in [0.2, 0.25) is 0 Å². The molecular formula is C14H28N2O2. The largest absolute Gasteiger partial charge is 0.356 e. The fraction of sp³-hybridized carbons (Fsp3) is 1.00. The molecule has 0 aromatic rings. The predicted octanol–water partition coefficient (Wildman–Crippen LogP) is 1.46. The van der Waals surface area contributed by atoms with Gasteiger partial charge in [0.15, 0.2) is 6.29 Å². The minimum Gasteiger partial charge on any atom is -0.356 e. The van der Waals surface area contributed by atoms with Crippen LogP contribution in [0.4, 0.5) is 0 Å². The molecule has 4 heteroatoms. The molecule has 0 unspecified atom stereocenters. The lowest BCUT2D eigenvalue weighted by molar-refractivity contribution is -0.117. The Balaban J connectivity index is 1.70. The predicted molar refractivity (Wildman–Crippen MR) is 72.6 cm³/mol. The lowest BCUT2D eigenvalue weighted by atomic mass is 9.91. The summed E-state index contributed by atoms with van der Waals surface area (Å²) in [6.45, 7) is 4.91. The van der Waals surface area contributed by atoms with Gasteiger partial charge in [0.1, 0.15) is 0 Å². The molecule has 2 heterocycles. The first-order chi connectivity index (χ1) is 8.83. The lowest BCUT2D eigenvalue weighted by Gasteiger charge is -2.39. The molecule has 0 saturated carbocycles. The third kappa shape index (κ3) is 3.92. The zero-order valence-electron chi connectivity index (χ0n) is 11.9. The van der Waals surface area contributed by atoms with Crippen LogP contribution in [0.15, 0.2) is 0 Å². The van der Waals surface area contributed by atoms with Gasteiger partial charge in [-0.2, -0.15) is 0 Å². The molecule has 18 heavy (non-hydrogen) atoms. The smallest absolute Gasteiger partial charge is 0.157 e. The monoisotopic (exact) mass is 256 g/mol. The van der Waals surface area contributed by atoms with E-state index in [1.807, 2.05) is 0 Å². The van der Waals surface area contributed by atoms with Crippen molar-refractivity contribution in [3.05, 3.63) is 0 Å². The summed E-state index contributed by atoms with van der Waals surface area (Å²) in [6.07, 6.45) is 6.28. The standard InChI is InChI=1S/C14H28N2O2/c1-17-14(18-2)11-12-5-9-16(10-6-12)13-3-7-15-8-4-13/h12-15H,3-11H2,1-2H3. The fourth-order valence-corrected chi connectivity index (χ4v) is 3.29. The van der Waals surface area contributed by atoms with E-state index in [0.717, 1.165) is 18.4 Å². The van der Waals surface area contributed by atoms with Crippen LogP contribution in [0.3, 0.4) is 0 Å². The Hall–Kier alpha value is -0.160. The number of ether oxygens (including phenoxy) is 2. The van der Waals surface area contributed by atoms with E-state index in [9.17, 15) is 0 Å². The molecule has 0 amide bonds. The van der Waals surface area contributed by atoms with E-state index in [0.29, 0.717) is 0 Å². The maximum atomic E-state index is 5.30. The quantitative estimate of drug-likeness (QED) is 0.755. The molecule has 0 aromatic carbocycles. The second kappa shape index (κ2) is 7.43. The van der Waals surface area contributed by atoms with Crippen molar-refractivity contribution in [2.45, 2.75) is 44.4 Å². The van der Waals surface area contributed by atoms with Gasteiger partial charge in [-0.25, -0.2) is 0 Å². The van der Waals surface area contributed by atoms with E-state index < -0.39 is 0 Å². The number of likely N-dealkylation sites (tertiary alicyclic amines) is 1. The van der Waals surface area contributed by atoms with Gasteiger partial charge in [-0.05, 0) is 57.8 Å². The Kier molecular flexibility index (Phi) is 5.89. The van der Waals surface area contributed by atoms with Crippen LogP contribution in [-0.4, -0.2) is 57.6 Å². The summed E-state index contributed by atoms with van der Waals surface area (Å²) in [5, 5.41) is 3.44. The summed E-state index contributed by atoms with van der Waals surface area (Å²) < 4.78 is 10.6. The van der Waals surface area contributed by atoms with Gasteiger partial charge in [-0.3, -0.25) is 0 Å². The van der Waals surface area contributed by atoms with Crippen molar-refractivity contribution in [2.75, 3.05) is 40.4 Å². The number of hydrogen-bond acceptors (Lipinski definition) is 4. The molecule has 4 nitrogen and oxygen atoms in total. The van der Waals surface area contributed by atoms with Gasteiger partial charge in [-0.15, -0.1) is 0 Å². The number of nitrogens with one attached hydrogen (secondary N) is 1. The van der Waals surface area contributed by atoms with Crippen molar-refractivity contribution in [3.8, 4) is 0 Å². The van der Waals surface area contributed by atoms with E-state index in [1.54, 1.807) is 14.2 Å². The molecule has 106 valence electrons. The summed E-state index contributed by atoms with van der Waals surface area (Å²) in [5.41, 5.74) is 0. The van der Waals surface area contributed by atoms with E-state index >= 15 is 0 Å². The van der Waals surface area contributed by atoms with E-state index in [2.05, 4.69) is 10.2 Å². The zero-order chi connectivity index (χ0) is 12.8. The molecular weight excluding hydrogens is 228 g/mol. The second-order valence-electron chi connectivity index (χ2n) is 5.60. The lowest BCUT2D eigenvalue weighted by Crippen LogP contribution is -2.46.